The molecular formula is C11H14N4O3. The highest BCUT2D eigenvalue weighted by Crippen LogP contribution is 2.12. The summed E-state index contributed by atoms with van der Waals surface area (Å²) in [6, 6.07) is 1.91. The van der Waals surface area contributed by atoms with E-state index in [0.717, 1.165) is 0 Å². The quantitative estimate of drug-likeness (QED) is 0.727. The summed E-state index contributed by atoms with van der Waals surface area (Å²) in [6.45, 7) is 3.42. The third-order valence-corrected chi connectivity index (χ3v) is 2.45. The number of aryl methyl sites for hydroxylation is 1. The zero-order valence-electron chi connectivity index (χ0n) is 10.2. The molecule has 1 aromatic heterocycles. The molecule has 0 unspecified atom stereocenters. The molecule has 7 heteroatoms. The van der Waals surface area contributed by atoms with Crippen LogP contribution in [0.15, 0.2) is 0 Å². The molecule has 0 aliphatic heterocycles. The van der Waals surface area contributed by atoms with Crippen molar-refractivity contribution in [3.63, 3.8) is 0 Å². The van der Waals surface area contributed by atoms with Crippen LogP contribution in [0.25, 0.3) is 0 Å². The highest BCUT2D eigenvalue weighted by molar-refractivity contribution is 5.90. The smallest absolute Gasteiger partial charge is 0.339 e. The summed E-state index contributed by atoms with van der Waals surface area (Å²) in [5, 5.41) is 23.9. The number of rotatable bonds is 5. The van der Waals surface area contributed by atoms with Gasteiger partial charge in [-0.3, -0.25) is 9.48 Å². The summed E-state index contributed by atoms with van der Waals surface area (Å²) in [4.78, 5) is 22.5. The third-order valence-electron chi connectivity index (χ3n) is 2.45. The minimum atomic E-state index is -1.05. The Bertz CT molecular complexity index is 513. The van der Waals surface area contributed by atoms with Gasteiger partial charge in [-0.2, -0.15) is 10.4 Å². The third kappa shape index (κ3) is 3.07. The van der Waals surface area contributed by atoms with Crippen LogP contribution >= 0.6 is 0 Å². The second kappa shape index (κ2) is 5.82. The zero-order valence-corrected chi connectivity index (χ0v) is 10.2. The SMILES string of the molecule is Cc1nn(CC(=O)NCCC#N)c(C)c1C(=O)O. The number of nitriles is 1. The van der Waals surface area contributed by atoms with Crippen molar-refractivity contribution in [2.24, 2.45) is 0 Å². The molecule has 0 radical (unpaired) electrons. The number of amides is 1. The number of nitrogens with zero attached hydrogens (tertiary/aromatic N) is 3. The van der Waals surface area contributed by atoms with E-state index in [0.29, 0.717) is 11.4 Å². The summed E-state index contributed by atoms with van der Waals surface area (Å²) in [5.41, 5.74) is 0.945. The van der Waals surface area contributed by atoms with Crippen molar-refractivity contribution in [2.75, 3.05) is 6.54 Å². The van der Waals surface area contributed by atoms with Crippen molar-refractivity contribution < 1.29 is 14.7 Å². The van der Waals surface area contributed by atoms with Gasteiger partial charge in [0.2, 0.25) is 5.91 Å². The fourth-order valence-corrected chi connectivity index (χ4v) is 1.61. The Kier molecular flexibility index (Phi) is 4.43. The molecule has 0 fully saturated rings. The summed E-state index contributed by atoms with van der Waals surface area (Å²) >= 11 is 0. The van der Waals surface area contributed by atoms with Gasteiger partial charge in [-0.05, 0) is 13.8 Å². The number of hydrogen-bond acceptors (Lipinski definition) is 4. The molecule has 0 aliphatic rings. The first-order chi connectivity index (χ1) is 8.47. The van der Waals surface area contributed by atoms with E-state index in [1.54, 1.807) is 13.8 Å². The number of aromatic nitrogens is 2. The van der Waals surface area contributed by atoms with Gasteiger partial charge in [0.1, 0.15) is 12.1 Å². The average Bonchev–Trinajstić information content (AvgIpc) is 2.54. The van der Waals surface area contributed by atoms with Crippen LogP contribution in [-0.2, 0) is 11.3 Å². The van der Waals surface area contributed by atoms with Crippen LogP contribution in [0.5, 0.6) is 0 Å². The topological polar surface area (TPSA) is 108 Å². The summed E-state index contributed by atoms with van der Waals surface area (Å²) in [6.07, 6.45) is 0.239. The van der Waals surface area contributed by atoms with E-state index in [-0.39, 0.29) is 31.0 Å². The van der Waals surface area contributed by atoms with Gasteiger partial charge in [-0.1, -0.05) is 0 Å². The van der Waals surface area contributed by atoms with Crippen molar-refractivity contribution in [1.29, 1.82) is 5.26 Å². The molecule has 0 spiro atoms. The molecule has 1 amide bonds. The largest absolute Gasteiger partial charge is 0.478 e. The molecule has 0 aromatic carbocycles. The lowest BCUT2D eigenvalue weighted by atomic mass is 10.2. The molecule has 1 rings (SSSR count). The van der Waals surface area contributed by atoms with Crippen LogP contribution in [0.2, 0.25) is 0 Å². The molecule has 0 atom stereocenters. The van der Waals surface area contributed by atoms with E-state index in [1.165, 1.54) is 4.68 Å². The second-order valence-corrected chi connectivity index (χ2v) is 3.77. The second-order valence-electron chi connectivity index (χ2n) is 3.77. The van der Waals surface area contributed by atoms with Gasteiger partial charge in [0, 0.05) is 6.54 Å². The lowest BCUT2D eigenvalue weighted by Gasteiger charge is -2.05. The molecule has 0 saturated carbocycles. The Morgan fingerprint density at radius 2 is 2.17 bits per heavy atom. The van der Waals surface area contributed by atoms with Gasteiger partial charge < -0.3 is 10.4 Å². The fraction of sp³-hybridized carbons (Fsp3) is 0.455. The van der Waals surface area contributed by atoms with Crippen molar-refractivity contribution in [1.82, 2.24) is 15.1 Å². The van der Waals surface area contributed by atoms with Crippen LogP contribution in [0, 0.1) is 25.2 Å². The first-order valence-electron chi connectivity index (χ1n) is 5.38. The van der Waals surface area contributed by atoms with Crippen molar-refractivity contribution in [3.8, 4) is 6.07 Å². The maximum Gasteiger partial charge on any atom is 0.339 e. The minimum Gasteiger partial charge on any atom is -0.478 e. The molecule has 7 nitrogen and oxygen atoms in total. The molecule has 1 aromatic rings. The standard InChI is InChI=1S/C11H14N4O3/c1-7-10(11(17)18)8(2)15(14-7)6-9(16)13-5-3-4-12/h3,5-6H2,1-2H3,(H,13,16)(H,17,18). The predicted molar refractivity (Wildman–Crippen MR) is 61.9 cm³/mol. The van der Waals surface area contributed by atoms with E-state index >= 15 is 0 Å². The molecule has 1 heterocycles. The summed E-state index contributed by atoms with van der Waals surface area (Å²) in [7, 11) is 0. The maximum absolute atomic E-state index is 11.5. The Balaban J connectivity index is 2.74. The summed E-state index contributed by atoms with van der Waals surface area (Å²) < 4.78 is 1.35. The highest BCUT2D eigenvalue weighted by Gasteiger charge is 2.18. The molecule has 0 bridgehead atoms. The molecule has 18 heavy (non-hydrogen) atoms. The maximum atomic E-state index is 11.5. The fourth-order valence-electron chi connectivity index (χ4n) is 1.61. The van der Waals surface area contributed by atoms with Gasteiger partial charge >= 0.3 is 5.97 Å². The van der Waals surface area contributed by atoms with Crippen LogP contribution in [0.1, 0.15) is 28.2 Å². The van der Waals surface area contributed by atoms with E-state index in [4.69, 9.17) is 10.4 Å². The van der Waals surface area contributed by atoms with E-state index in [2.05, 4.69) is 10.4 Å². The van der Waals surface area contributed by atoms with Gasteiger partial charge in [0.15, 0.2) is 0 Å². The lowest BCUT2D eigenvalue weighted by molar-refractivity contribution is -0.121. The normalized spacial score (nSPS) is 9.83. The monoisotopic (exact) mass is 250 g/mol. The van der Waals surface area contributed by atoms with Crippen molar-refractivity contribution in [2.45, 2.75) is 26.8 Å². The van der Waals surface area contributed by atoms with Crippen molar-refractivity contribution in [3.05, 3.63) is 17.0 Å². The van der Waals surface area contributed by atoms with E-state index < -0.39 is 5.97 Å². The van der Waals surface area contributed by atoms with Crippen LogP contribution in [0.3, 0.4) is 0 Å². The Morgan fingerprint density at radius 3 is 2.67 bits per heavy atom. The molecule has 96 valence electrons. The highest BCUT2D eigenvalue weighted by atomic mass is 16.4. The van der Waals surface area contributed by atoms with Crippen LogP contribution < -0.4 is 5.32 Å². The number of nitrogens with one attached hydrogen (secondary N) is 1. The van der Waals surface area contributed by atoms with E-state index in [9.17, 15) is 9.59 Å². The number of aromatic carboxylic acids is 1. The van der Waals surface area contributed by atoms with Gasteiger partial charge in [0.05, 0.1) is 23.9 Å². The number of carbonyl (C=O) groups is 2. The minimum absolute atomic E-state index is 0.0502. The van der Waals surface area contributed by atoms with Gasteiger partial charge in [0.25, 0.3) is 0 Å². The lowest BCUT2D eigenvalue weighted by Crippen LogP contribution is -2.29. The van der Waals surface area contributed by atoms with Crippen LogP contribution in [-0.4, -0.2) is 33.3 Å². The Morgan fingerprint density at radius 1 is 1.50 bits per heavy atom. The first kappa shape index (κ1) is 13.7. The summed E-state index contributed by atoms with van der Waals surface area (Å²) in [5.74, 6) is -1.35. The van der Waals surface area contributed by atoms with Crippen molar-refractivity contribution >= 4 is 11.9 Å². The molecule has 2 N–H and O–H groups in total. The van der Waals surface area contributed by atoms with Gasteiger partial charge in [-0.15, -0.1) is 0 Å². The van der Waals surface area contributed by atoms with Gasteiger partial charge in [-0.25, -0.2) is 4.79 Å². The Hall–Kier alpha value is -2.36. The zero-order chi connectivity index (χ0) is 13.7. The van der Waals surface area contributed by atoms with Crippen LogP contribution in [0.4, 0.5) is 0 Å². The number of carbonyl (C=O) groups excluding carboxylic acids is 1. The first-order valence-corrected chi connectivity index (χ1v) is 5.38. The molecular weight excluding hydrogens is 236 g/mol. The Labute approximate surface area is 104 Å². The number of hydrogen-bond donors (Lipinski definition) is 2. The number of carboxylic acid groups (broad SMARTS) is 1. The molecule has 0 saturated heterocycles. The molecule has 0 aliphatic carbocycles. The average molecular weight is 250 g/mol. The predicted octanol–water partition coefficient (Wildman–Crippen LogP) is 0.228. The van der Waals surface area contributed by atoms with E-state index in [1.807, 2.05) is 6.07 Å². The number of carboxylic acids is 1.